The van der Waals surface area contributed by atoms with Gasteiger partial charge >= 0.3 is 0 Å². The van der Waals surface area contributed by atoms with E-state index in [1.807, 2.05) is 35.2 Å². The van der Waals surface area contributed by atoms with Gasteiger partial charge in [-0.05, 0) is 30.5 Å². The lowest BCUT2D eigenvalue weighted by Gasteiger charge is -2.38. The Kier molecular flexibility index (Phi) is 4.77. The summed E-state index contributed by atoms with van der Waals surface area (Å²) in [6, 6.07) is 14.2. The quantitative estimate of drug-likeness (QED) is 0.773. The molecular weight excluding hydrogens is 382 g/mol. The third kappa shape index (κ3) is 2.99. The number of amides is 1. The number of hydrogen-bond donors (Lipinski definition) is 0. The molecule has 1 aromatic carbocycles. The lowest BCUT2D eigenvalue weighted by Crippen LogP contribution is -2.50. The lowest BCUT2D eigenvalue weighted by molar-refractivity contribution is -0.140. The van der Waals surface area contributed by atoms with Crippen LogP contribution in [0.15, 0.2) is 42.5 Å². The van der Waals surface area contributed by atoms with E-state index >= 15 is 0 Å². The van der Waals surface area contributed by atoms with Gasteiger partial charge in [-0.3, -0.25) is 4.79 Å². The van der Waals surface area contributed by atoms with Gasteiger partial charge in [0.2, 0.25) is 0 Å². The van der Waals surface area contributed by atoms with E-state index in [1.165, 1.54) is 5.56 Å². The summed E-state index contributed by atoms with van der Waals surface area (Å²) in [7, 11) is 3.18. The fourth-order valence-corrected chi connectivity index (χ4v) is 5.04. The van der Waals surface area contributed by atoms with Crippen LogP contribution in [-0.2, 0) is 9.53 Å². The monoisotopic (exact) mass is 409 g/mol. The van der Waals surface area contributed by atoms with E-state index in [1.54, 1.807) is 14.2 Å². The molecule has 0 bridgehead atoms. The summed E-state index contributed by atoms with van der Waals surface area (Å²) in [5.41, 5.74) is 0.492. The first-order chi connectivity index (χ1) is 14.6. The standard InChI is InChI=1S/C23H27N3O4/c1-28-18-9-10-19(24-21(18)29-2)25-14-12-23(13-15-25)22(27)26-17(8-11-20(26)30-23)16-6-4-3-5-7-16/h3-7,9-10,17,20H,8,11-15H2,1-2H3/t17-,20+/m0/s1. The molecule has 2 atom stereocenters. The Morgan fingerprint density at radius 3 is 2.50 bits per heavy atom. The van der Waals surface area contributed by atoms with Crippen molar-refractivity contribution >= 4 is 11.7 Å². The van der Waals surface area contributed by atoms with Crippen molar-refractivity contribution in [2.45, 2.75) is 43.6 Å². The van der Waals surface area contributed by atoms with Gasteiger partial charge in [0.15, 0.2) is 11.4 Å². The maximum Gasteiger partial charge on any atom is 0.258 e. The number of carbonyl (C=O) groups excluding carboxylic acids is 1. The van der Waals surface area contributed by atoms with Crippen LogP contribution in [0.25, 0.3) is 0 Å². The van der Waals surface area contributed by atoms with Crippen LogP contribution in [-0.4, -0.2) is 54.9 Å². The van der Waals surface area contributed by atoms with Gasteiger partial charge in [-0.2, -0.15) is 4.98 Å². The van der Waals surface area contributed by atoms with Crippen molar-refractivity contribution in [3.8, 4) is 11.6 Å². The van der Waals surface area contributed by atoms with Crippen molar-refractivity contribution in [3.05, 3.63) is 48.0 Å². The number of anilines is 1. The van der Waals surface area contributed by atoms with E-state index < -0.39 is 5.60 Å². The van der Waals surface area contributed by atoms with Gasteiger partial charge in [-0.15, -0.1) is 0 Å². The largest absolute Gasteiger partial charge is 0.491 e. The number of benzene rings is 1. The van der Waals surface area contributed by atoms with Crippen molar-refractivity contribution in [2.24, 2.45) is 0 Å². The minimum absolute atomic E-state index is 0.103. The van der Waals surface area contributed by atoms with Crippen molar-refractivity contribution in [1.82, 2.24) is 9.88 Å². The molecule has 4 heterocycles. The van der Waals surface area contributed by atoms with Crippen LogP contribution >= 0.6 is 0 Å². The molecule has 0 N–H and O–H groups in total. The zero-order valence-electron chi connectivity index (χ0n) is 17.4. The van der Waals surface area contributed by atoms with Gasteiger partial charge in [0.25, 0.3) is 11.8 Å². The average Bonchev–Trinajstić information content (AvgIpc) is 3.32. The molecule has 3 aliphatic heterocycles. The third-order valence-electron chi connectivity index (χ3n) is 6.62. The van der Waals surface area contributed by atoms with Crippen LogP contribution in [0.2, 0.25) is 0 Å². The Morgan fingerprint density at radius 1 is 1.03 bits per heavy atom. The number of fused-ring (bicyclic) bond motifs is 1. The van der Waals surface area contributed by atoms with Crippen molar-refractivity contribution < 1.29 is 19.0 Å². The summed E-state index contributed by atoms with van der Waals surface area (Å²) >= 11 is 0. The molecule has 3 fully saturated rings. The number of rotatable bonds is 4. The highest BCUT2D eigenvalue weighted by Crippen LogP contribution is 2.47. The summed E-state index contributed by atoms with van der Waals surface area (Å²) < 4.78 is 17.0. The highest BCUT2D eigenvalue weighted by molar-refractivity contribution is 5.88. The van der Waals surface area contributed by atoms with Gasteiger partial charge in [-0.1, -0.05) is 30.3 Å². The van der Waals surface area contributed by atoms with E-state index in [0.29, 0.717) is 37.6 Å². The number of hydrogen-bond acceptors (Lipinski definition) is 6. The molecular formula is C23H27N3O4. The van der Waals surface area contributed by atoms with Crippen LogP contribution in [0.1, 0.15) is 37.3 Å². The van der Waals surface area contributed by atoms with Crippen LogP contribution in [0.5, 0.6) is 11.6 Å². The zero-order valence-corrected chi connectivity index (χ0v) is 17.4. The molecule has 3 saturated heterocycles. The van der Waals surface area contributed by atoms with E-state index in [4.69, 9.17) is 14.2 Å². The number of ether oxygens (including phenoxy) is 3. The maximum absolute atomic E-state index is 13.5. The van der Waals surface area contributed by atoms with Crippen molar-refractivity contribution in [3.63, 3.8) is 0 Å². The highest BCUT2D eigenvalue weighted by Gasteiger charge is 2.57. The highest BCUT2D eigenvalue weighted by atomic mass is 16.6. The van der Waals surface area contributed by atoms with Crippen molar-refractivity contribution in [1.29, 1.82) is 0 Å². The second-order valence-corrected chi connectivity index (χ2v) is 8.15. The molecule has 1 amide bonds. The minimum Gasteiger partial charge on any atom is -0.491 e. The fraction of sp³-hybridized carbons (Fsp3) is 0.478. The van der Waals surface area contributed by atoms with Gasteiger partial charge in [0.05, 0.1) is 20.3 Å². The second-order valence-electron chi connectivity index (χ2n) is 8.15. The first-order valence-corrected chi connectivity index (χ1v) is 10.5. The van der Waals surface area contributed by atoms with E-state index in [9.17, 15) is 4.79 Å². The first-order valence-electron chi connectivity index (χ1n) is 10.5. The summed E-state index contributed by atoms with van der Waals surface area (Å²) in [6.45, 7) is 1.43. The predicted molar refractivity (Wildman–Crippen MR) is 112 cm³/mol. The number of carbonyl (C=O) groups is 1. The lowest BCUT2D eigenvalue weighted by atomic mass is 9.89. The third-order valence-corrected chi connectivity index (χ3v) is 6.62. The Labute approximate surface area is 176 Å². The SMILES string of the molecule is COc1ccc(N2CCC3(CC2)O[C@@H]2CC[C@@H](c4ccccc4)N2C3=O)nc1OC. The topological polar surface area (TPSA) is 64.1 Å². The number of piperidine rings is 1. The molecule has 7 heteroatoms. The number of pyridine rings is 1. The van der Waals surface area contributed by atoms with E-state index in [2.05, 4.69) is 22.0 Å². The summed E-state index contributed by atoms with van der Waals surface area (Å²) in [6.07, 6.45) is 3.08. The molecule has 158 valence electrons. The number of methoxy groups -OCH3 is 2. The van der Waals surface area contributed by atoms with Gasteiger partial charge in [0, 0.05) is 25.9 Å². The van der Waals surface area contributed by atoms with Crippen LogP contribution in [0.4, 0.5) is 5.82 Å². The van der Waals surface area contributed by atoms with Gasteiger partial charge in [0.1, 0.15) is 12.0 Å². The van der Waals surface area contributed by atoms with Crippen LogP contribution < -0.4 is 14.4 Å². The maximum atomic E-state index is 13.5. The molecule has 1 spiro atoms. The molecule has 30 heavy (non-hydrogen) atoms. The molecule has 2 aromatic rings. The van der Waals surface area contributed by atoms with Crippen LogP contribution in [0.3, 0.4) is 0 Å². The molecule has 0 radical (unpaired) electrons. The molecule has 7 nitrogen and oxygen atoms in total. The normalized spacial score (nSPS) is 24.9. The predicted octanol–water partition coefficient (Wildman–Crippen LogP) is 3.16. The van der Waals surface area contributed by atoms with Gasteiger partial charge < -0.3 is 24.0 Å². The summed E-state index contributed by atoms with van der Waals surface area (Å²) in [5.74, 6) is 2.06. The van der Waals surface area contributed by atoms with Crippen LogP contribution in [0, 0.1) is 0 Å². The minimum atomic E-state index is -0.703. The Bertz CT molecular complexity index is 927. The van der Waals surface area contributed by atoms with Crippen molar-refractivity contribution in [2.75, 3.05) is 32.2 Å². The van der Waals surface area contributed by atoms with E-state index in [-0.39, 0.29) is 18.2 Å². The molecule has 3 aliphatic rings. The molecule has 5 rings (SSSR count). The molecule has 0 unspecified atom stereocenters. The van der Waals surface area contributed by atoms with Gasteiger partial charge in [-0.25, -0.2) is 0 Å². The fourth-order valence-electron chi connectivity index (χ4n) is 5.04. The summed E-state index contributed by atoms with van der Waals surface area (Å²) in [5, 5.41) is 0. The molecule has 1 aromatic heterocycles. The zero-order chi connectivity index (χ0) is 20.7. The van der Waals surface area contributed by atoms with E-state index in [0.717, 1.165) is 18.7 Å². The smallest absolute Gasteiger partial charge is 0.258 e. The first kappa shape index (κ1) is 19.2. The number of aromatic nitrogens is 1. The average molecular weight is 409 g/mol. The molecule has 0 aliphatic carbocycles. The Balaban J connectivity index is 1.31. The Morgan fingerprint density at radius 2 is 1.80 bits per heavy atom. The summed E-state index contributed by atoms with van der Waals surface area (Å²) in [4.78, 5) is 22.3. The Hall–Kier alpha value is -2.80. The second kappa shape index (κ2) is 7.47. The number of nitrogens with zero attached hydrogens (tertiary/aromatic N) is 3. The molecule has 0 saturated carbocycles.